The minimum atomic E-state index is -1.08. The molecule has 48 heavy (non-hydrogen) atoms. The molecule has 1 atom stereocenters. The van der Waals surface area contributed by atoms with Gasteiger partial charge in [0.15, 0.2) is 0 Å². The van der Waals surface area contributed by atoms with Gasteiger partial charge in [-0.3, -0.25) is 9.59 Å². The SMILES string of the molecule is CCCOC(=O)/C=C/c1ccc(OCCCCOC(=O)C(C)(CC)CC(=O)Oc2ccc(C(=O)Oc3ccc(C)cc3)cc2)c(CO)c1. The highest BCUT2D eigenvalue weighted by molar-refractivity contribution is 5.91. The lowest BCUT2D eigenvalue weighted by molar-refractivity contribution is -0.159. The van der Waals surface area contributed by atoms with Crippen LogP contribution in [0.25, 0.3) is 6.08 Å². The van der Waals surface area contributed by atoms with Crippen LogP contribution in [0.15, 0.2) is 72.8 Å². The van der Waals surface area contributed by atoms with Crippen LogP contribution in [-0.4, -0.2) is 48.8 Å². The van der Waals surface area contributed by atoms with Gasteiger partial charge in [-0.05, 0) is 99.7 Å². The Morgan fingerprint density at radius 1 is 0.812 bits per heavy atom. The molecule has 0 heterocycles. The summed E-state index contributed by atoms with van der Waals surface area (Å²) in [7, 11) is 0. The van der Waals surface area contributed by atoms with E-state index in [1.54, 1.807) is 50.3 Å². The molecule has 0 spiro atoms. The summed E-state index contributed by atoms with van der Waals surface area (Å²) in [4.78, 5) is 49.7. The van der Waals surface area contributed by atoms with E-state index in [0.717, 1.165) is 17.5 Å². The van der Waals surface area contributed by atoms with Gasteiger partial charge in [-0.25, -0.2) is 9.59 Å². The second-order valence-electron chi connectivity index (χ2n) is 11.5. The Morgan fingerprint density at radius 3 is 2.15 bits per heavy atom. The van der Waals surface area contributed by atoms with Crippen molar-refractivity contribution in [2.75, 3.05) is 19.8 Å². The van der Waals surface area contributed by atoms with E-state index in [2.05, 4.69) is 0 Å². The molecule has 10 nitrogen and oxygen atoms in total. The third kappa shape index (κ3) is 12.0. The van der Waals surface area contributed by atoms with Gasteiger partial charge in [0, 0.05) is 11.6 Å². The Labute approximate surface area is 281 Å². The predicted molar refractivity (Wildman–Crippen MR) is 180 cm³/mol. The average Bonchev–Trinajstić information content (AvgIpc) is 3.09. The van der Waals surface area contributed by atoms with Gasteiger partial charge in [0.2, 0.25) is 0 Å². The van der Waals surface area contributed by atoms with E-state index < -0.39 is 29.3 Å². The van der Waals surface area contributed by atoms with Crippen LogP contribution in [0.1, 0.15) is 79.9 Å². The fraction of sp³-hybridized carbons (Fsp3) is 0.368. The average molecular weight is 661 g/mol. The van der Waals surface area contributed by atoms with Crippen molar-refractivity contribution in [1.82, 2.24) is 0 Å². The summed E-state index contributed by atoms with van der Waals surface area (Å²) in [5, 5.41) is 9.76. The molecule has 3 aromatic carbocycles. The van der Waals surface area contributed by atoms with Gasteiger partial charge in [0.25, 0.3) is 0 Å². The Balaban J connectivity index is 1.40. The Bertz CT molecular complexity index is 1540. The molecular formula is C38H44O10. The highest BCUT2D eigenvalue weighted by Crippen LogP contribution is 2.29. The number of ether oxygens (including phenoxy) is 5. The van der Waals surface area contributed by atoms with E-state index in [-0.39, 0.29) is 25.4 Å². The quantitative estimate of drug-likeness (QED) is 0.0673. The van der Waals surface area contributed by atoms with Gasteiger partial charge in [-0.15, -0.1) is 0 Å². The van der Waals surface area contributed by atoms with Crippen molar-refractivity contribution in [3.05, 3.63) is 95.1 Å². The van der Waals surface area contributed by atoms with E-state index >= 15 is 0 Å². The standard InChI is InChI=1S/C38H44O10/c1-5-21-45-34(40)20-12-28-11-19-33(30(24-28)26-39)44-22-7-8-23-46-37(43)38(4,6-2)25-35(41)47-31-17-13-29(14-18-31)36(42)48-32-15-9-27(3)10-16-32/h9-20,24,39H,5-8,21-23,25-26H2,1-4H3/b20-12+. The van der Waals surface area contributed by atoms with Crippen molar-refractivity contribution in [2.45, 2.75) is 66.4 Å². The van der Waals surface area contributed by atoms with E-state index in [1.165, 1.54) is 30.3 Å². The molecule has 3 rings (SSSR count). The van der Waals surface area contributed by atoms with Crippen LogP contribution in [0.5, 0.6) is 17.2 Å². The molecular weight excluding hydrogens is 616 g/mol. The zero-order valence-electron chi connectivity index (χ0n) is 28.0. The first kappa shape index (κ1) is 37.5. The molecule has 0 fully saturated rings. The van der Waals surface area contributed by atoms with Crippen molar-refractivity contribution < 1.29 is 48.0 Å². The number of esters is 4. The van der Waals surface area contributed by atoms with E-state index in [4.69, 9.17) is 23.7 Å². The molecule has 0 saturated heterocycles. The highest BCUT2D eigenvalue weighted by atomic mass is 16.5. The molecule has 0 amide bonds. The zero-order chi connectivity index (χ0) is 34.9. The molecule has 1 unspecified atom stereocenters. The molecule has 3 aromatic rings. The van der Waals surface area contributed by atoms with Crippen molar-refractivity contribution in [3.8, 4) is 17.2 Å². The number of hydrogen-bond donors (Lipinski definition) is 1. The largest absolute Gasteiger partial charge is 0.493 e. The van der Waals surface area contributed by atoms with E-state index in [0.29, 0.717) is 55.1 Å². The van der Waals surface area contributed by atoms with Crippen molar-refractivity contribution in [2.24, 2.45) is 5.41 Å². The minimum Gasteiger partial charge on any atom is -0.493 e. The lowest BCUT2D eigenvalue weighted by Gasteiger charge is -2.24. The molecule has 0 aliphatic carbocycles. The van der Waals surface area contributed by atoms with Crippen LogP contribution in [-0.2, 0) is 30.5 Å². The molecule has 0 saturated carbocycles. The van der Waals surface area contributed by atoms with Crippen LogP contribution in [0.3, 0.4) is 0 Å². The number of unbranched alkanes of at least 4 members (excludes halogenated alkanes) is 1. The molecule has 1 N–H and O–H groups in total. The minimum absolute atomic E-state index is 0.150. The maximum atomic E-state index is 12.9. The van der Waals surface area contributed by atoms with Gasteiger partial charge in [0.05, 0.1) is 43.8 Å². The first-order chi connectivity index (χ1) is 23.1. The molecule has 0 aliphatic heterocycles. The van der Waals surface area contributed by atoms with Gasteiger partial charge in [-0.1, -0.05) is 37.6 Å². The van der Waals surface area contributed by atoms with Gasteiger partial charge in [-0.2, -0.15) is 0 Å². The first-order valence-corrected chi connectivity index (χ1v) is 16.0. The van der Waals surface area contributed by atoms with Crippen molar-refractivity contribution in [3.63, 3.8) is 0 Å². The highest BCUT2D eigenvalue weighted by Gasteiger charge is 2.36. The number of hydrogen-bond acceptors (Lipinski definition) is 10. The first-order valence-electron chi connectivity index (χ1n) is 16.0. The second kappa shape index (κ2) is 19.0. The van der Waals surface area contributed by atoms with E-state index in [1.807, 2.05) is 26.0 Å². The fourth-order valence-electron chi connectivity index (χ4n) is 4.37. The van der Waals surface area contributed by atoms with Gasteiger partial charge < -0.3 is 28.8 Å². The summed E-state index contributed by atoms with van der Waals surface area (Å²) < 4.78 is 27.1. The summed E-state index contributed by atoms with van der Waals surface area (Å²) in [5.74, 6) is -0.873. The Morgan fingerprint density at radius 2 is 1.48 bits per heavy atom. The topological polar surface area (TPSA) is 135 Å². The van der Waals surface area contributed by atoms with Crippen LogP contribution in [0.2, 0.25) is 0 Å². The number of carbonyl (C=O) groups excluding carboxylic acids is 4. The lowest BCUT2D eigenvalue weighted by atomic mass is 9.84. The van der Waals surface area contributed by atoms with Crippen LogP contribution >= 0.6 is 0 Å². The summed E-state index contributed by atoms with van der Waals surface area (Å²) in [6, 6.07) is 18.3. The summed E-state index contributed by atoms with van der Waals surface area (Å²) in [5.41, 5.74) is 1.57. The number of benzene rings is 3. The molecule has 0 aliphatic rings. The normalized spacial score (nSPS) is 12.2. The Hall–Kier alpha value is -4.96. The van der Waals surface area contributed by atoms with Crippen LogP contribution in [0, 0.1) is 12.3 Å². The van der Waals surface area contributed by atoms with Crippen molar-refractivity contribution in [1.29, 1.82) is 0 Å². The van der Waals surface area contributed by atoms with Crippen LogP contribution in [0.4, 0.5) is 0 Å². The zero-order valence-corrected chi connectivity index (χ0v) is 28.0. The summed E-state index contributed by atoms with van der Waals surface area (Å²) >= 11 is 0. The number of rotatable bonds is 18. The Kier molecular flexibility index (Phi) is 14.8. The number of carbonyl (C=O) groups is 4. The van der Waals surface area contributed by atoms with Crippen molar-refractivity contribution >= 4 is 30.0 Å². The third-order valence-electron chi connectivity index (χ3n) is 7.51. The third-order valence-corrected chi connectivity index (χ3v) is 7.51. The maximum Gasteiger partial charge on any atom is 0.343 e. The van der Waals surface area contributed by atoms with Gasteiger partial charge >= 0.3 is 23.9 Å². The molecule has 0 bridgehead atoms. The second-order valence-corrected chi connectivity index (χ2v) is 11.5. The summed E-state index contributed by atoms with van der Waals surface area (Å²) in [6.45, 7) is 7.92. The molecule has 0 radical (unpaired) electrons. The number of aliphatic hydroxyl groups excluding tert-OH is 1. The summed E-state index contributed by atoms with van der Waals surface area (Å²) in [6.07, 6.45) is 5.00. The smallest absolute Gasteiger partial charge is 0.343 e. The monoisotopic (exact) mass is 660 g/mol. The molecule has 0 aromatic heterocycles. The van der Waals surface area contributed by atoms with Gasteiger partial charge in [0.1, 0.15) is 17.2 Å². The predicted octanol–water partition coefficient (Wildman–Crippen LogP) is 6.79. The molecule has 256 valence electrons. The van der Waals surface area contributed by atoms with E-state index in [9.17, 15) is 24.3 Å². The van der Waals surface area contributed by atoms with Crippen LogP contribution < -0.4 is 14.2 Å². The maximum absolute atomic E-state index is 12.9. The fourth-order valence-corrected chi connectivity index (χ4v) is 4.37. The number of aliphatic hydroxyl groups is 1. The molecule has 10 heteroatoms. The number of aryl methyl sites for hydroxylation is 1. The lowest BCUT2D eigenvalue weighted by Crippen LogP contribution is -2.33.